The summed E-state index contributed by atoms with van der Waals surface area (Å²) < 4.78 is 36.9. The fourth-order valence-electron chi connectivity index (χ4n) is 1.19. The van der Waals surface area contributed by atoms with Crippen LogP contribution in [0.1, 0.15) is 0 Å². The Kier molecular flexibility index (Phi) is 13.6. The van der Waals surface area contributed by atoms with Crippen molar-refractivity contribution in [1.29, 1.82) is 0 Å². The molecule has 20 heavy (non-hydrogen) atoms. The Labute approximate surface area is 127 Å². The van der Waals surface area contributed by atoms with Gasteiger partial charge in [0.25, 0.3) is 0 Å². The number of hydrogen-bond acceptors (Lipinski definition) is 8. The van der Waals surface area contributed by atoms with Gasteiger partial charge in [0.2, 0.25) is 0 Å². The second-order valence-corrected chi connectivity index (χ2v) is 13.4. The van der Waals surface area contributed by atoms with Gasteiger partial charge in [-0.15, -0.1) is 0 Å². The summed E-state index contributed by atoms with van der Waals surface area (Å²) in [6, 6.07) is 0. The molecule has 0 aromatic heterocycles. The molecule has 8 nitrogen and oxygen atoms in total. The van der Waals surface area contributed by atoms with Crippen LogP contribution in [0.2, 0.25) is 12.2 Å². The molecule has 0 spiro atoms. The van der Waals surface area contributed by atoms with Crippen LogP contribution < -0.4 is 0 Å². The minimum atomic E-state index is -2.42. The molecule has 0 bridgehead atoms. The molecule has 0 saturated carbocycles. The third-order valence-electron chi connectivity index (χ3n) is 2.35. The summed E-state index contributed by atoms with van der Waals surface area (Å²) in [7, 11) is -2.14. The Morgan fingerprint density at radius 2 is 1.50 bits per heavy atom. The molecule has 12 heteroatoms. The zero-order valence-corrected chi connectivity index (χ0v) is 17.4. The molecule has 0 amide bonds. The first-order valence-electron chi connectivity index (χ1n) is 6.25. The summed E-state index contributed by atoms with van der Waals surface area (Å²) in [5.74, 6) is 0. The second-order valence-electron chi connectivity index (χ2n) is 3.92. The lowest BCUT2D eigenvalue weighted by molar-refractivity contribution is 0.0914. The van der Waals surface area contributed by atoms with E-state index in [4.69, 9.17) is 30.7 Å². The van der Waals surface area contributed by atoms with E-state index in [-0.39, 0.29) is 0 Å². The smallest absolute Gasteiger partial charge is 0.424 e. The molecule has 0 saturated heterocycles. The highest BCUT2D eigenvalue weighted by Crippen LogP contribution is 2.03. The number of methoxy groups -OCH3 is 1. The van der Waals surface area contributed by atoms with Crippen molar-refractivity contribution in [1.82, 2.24) is 0 Å². The van der Waals surface area contributed by atoms with Gasteiger partial charge in [-0.2, -0.15) is 0 Å². The Bertz CT molecular complexity index is 227. The third kappa shape index (κ3) is 10.3. The normalized spacial score (nSPS) is 17.7. The molecule has 0 aromatic carbocycles. The van der Waals surface area contributed by atoms with E-state index < -0.39 is 37.4 Å². The van der Waals surface area contributed by atoms with Gasteiger partial charge < -0.3 is 35.5 Å². The van der Waals surface area contributed by atoms with Crippen molar-refractivity contribution in [3.63, 3.8) is 0 Å². The van der Waals surface area contributed by atoms with E-state index >= 15 is 0 Å². The minimum absolute atomic E-state index is 0.389. The van der Waals surface area contributed by atoms with Gasteiger partial charge in [-0.25, -0.2) is 0 Å². The standard InChI is InChI=1S/C8H26O8Si4/c1-10-6-7-14-19(12-3)16-20(13-4)15-18(9)8-17(5)11-2/h9,17-20H,6-8H2,1-5H3. The highest BCUT2D eigenvalue weighted by molar-refractivity contribution is 6.70. The Balaban J connectivity index is 4.09. The SMILES string of the molecule is COCCO[SiH](OC)O[SiH](OC)O[SiH](O)C[SiH](C)OC. The third-order valence-corrected chi connectivity index (χ3v) is 12.6. The Hall–Kier alpha value is 0.548. The quantitative estimate of drug-likeness (QED) is 0.302. The molecule has 1 N–H and O–H groups in total. The first kappa shape index (κ1) is 20.5. The largest absolute Gasteiger partial charge is 0.476 e. The van der Waals surface area contributed by atoms with Crippen molar-refractivity contribution in [2.45, 2.75) is 12.2 Å². The topological polar surface area (TPSA) is 84.8 Å². The van der Waals surface area contributed by atoms with Crippen molar-refractivity contribution in [2.24, 2.45) is 0 Å². The number of rotatable bonds is 13. The molecule has 122 valence electrons. The first-order valence-corrected chi connectivity index (χ1v) is 13.3. The number of ether oxygens (including phenoxy) is 1. The Morgan fingerprint density at radius 3 is 2.00 bits per heavy atom. The molecule has 0 aliphatic rings. The van der Waals surface area contributed by atoms with E-state index in [1.165, 1.54) is 14.2 Å². The van der Waals surface area contributed by atoms with Crippen LogP contribution in [0.4, 0.5) is 0 Å². The maximum Gasteiger partial charge on any atom is 0.476 e. The van der Waals surface area contributed by atoms with Crippen LogP contribution in [-0.4, -0.2) is 83.8 Å². The van der Waals surface area contributed by atoms with Crippen molar-refractivity contribution >= 4 is 37.4 Å². The molecule has 0 aliphatic heterocycles. The lowest BCUT2D eigenvalue weighted by Gasteiger charge is -2.22. The molecular formula is C8H26O8Si4. The first-order chi connectivity index (χ1) is 9.57. The summed E-state index contributed by atoms with van der Waals surface area (Å²) in [4.78, 5) is 9.91. The van der Waals surface area contributed by atoms with E-state index in [2.05, 4.69) is 0 Å². The summed E-state index contributed by atoms with van der Waals surface area (Å²) in [5, 5.41) is 0. The molecule has 0 aliphatic carbocycles. The lowest BCUT2D eigenvalue weighted by Crippen LogP contribution is -2.42. The zero-order chi connectivity index (χ0) is 15.4. The average Bonchev–Trinajstić information content (AvgIpc) is 2.44. The van der Waals surface area contributed by atoms with E-state index in [0.29, 0.717) is 18.9 Å². The molecule has 0 fully saturated rings. The van der Waals surface area contributed by atoms with Gasteiger partial charge in [-0.3, -0.25) is 0 Å². The lowest BCUT2D eigenvalue weighted by atomic mass is 10.8. The van der Waals surface area contributed by atoms with Crippen molar-refractivity contribution in [2.75, 3.05) is 41.7 Å². The minimum Gasteiger partial charge on any atom is -0.424 e. The number of hydrogen-bond donors (Lipinski definition) is 1. The van der Waals surface area contributed by atoms with Crippen LogP contribution >= 0.6 is 0 Å². The van der Waals surface area contributed by atoms with Gasteiger partial charge in [-0.1, -0.05) is 0 Å². The maximum absolute atomic E-state index is 9.91. The highest BCUT2D eigenvalue weighted by atomic mass is 28.4. The maximum atomic E-state index is 9.91. The monoisotopic (exact) mass is 362 g/mol. The van der Waals surface area contributed by atoms with E-state index in [1.807, 2.05) is 6.55 Å². The van der Waals surface area contributed by atoms with Crippen LogP contribution in [0.25, 0.3) is 0 Å². The molecule has 4 atom stereocenters. The molecule has 0 radical (unpaired) electrons. The molecular weight excluding hydrogens is 336 g/mol. The summed E-state index contributed by atoms with van der Waals surface area (Å²) in [5.41, 5.74) is 0.608. The van der Waals surface area contributed by atoms with Crippen molar-refractivity contribution in [3.8, 4) is 0 Å². The fraction of sp³-hybridized carbons (Fsp3) is 1.00. The predicted molar refractivity (Wildman–Crippen MR) is 82.5 cm³/mol. The van der Waals surface area contributed by atoms with E-state index in [1.54, 1.807) is 14.2 Å². The summed E-state index contributed by atoms with van der Waals surface area (Å²) in [6.07, 6.45) is 0. The van der Waals surface area contributed by atoms with Crippen LogP contribution in [0, 0.1) is 0 Å². The van der Waals surface area contributed by atoms with Gasteiger partial charge in [0.05, 0.1) is 13.2 Å². The molecule has 0 heterocycles. The van der Waals surface area contributed by atoms with E-state index in [0.717, 1.165) is 0 Å². The molecule has 0 aromatic rings. The highest BCUT2D eigenvalue weighted by Gasteiger charge is 2.27. The van der Waals surface area contributed by atoms with Crippen LogP contribution in [0.5, 0.6) is 0 Å². The molecule has 4 unspecified atom stereocenters. The van der Waals surface area contributed by atoms with Crippen LogP contribution in [-0.2, 0) is 30.7 Å². The van der Waals surface area contributed by atoms with Gasteiger partial charge in [-0.05, 0) is 6.55 Å². The van der Waals surface area contributed by atoms with Crippen molar-refractivity contribution < 1.29 is 35.5 Å². The fourth-order valence-corrected chi connectivity index (χ4v) is 10.3. The van der Waals surface area contributed by atoms with Crippen LogP contribution in [0.15, 0.2) is 0 Å². The van der Waals surface area contributed by atoms with Gasteiger partial charge in [0.1, 0.15) is 0 Å². The van der Waals surface area contributed by atoms with Gasteiger partial charge >= 0.3 is 28.3 Å². The summed E-state index contributed by atoms with van der Waals surface area (Å²) >= 11 is 0. The summed E-state index contributed by atoms with van der Waals surface area (Å²) in [6.45, 7) is 2.86. The van der Waals surface area contributed by atoms with Crippen LogP contribution in [0.3, 0.4) is 0 Å². The van der Waals surface area contributed by atoms with Gasteiger partial charge in [0.15, 0.2) is 9.04 Å². The average molecular weight is 363 g/mol. The Morgan fingerprint density at radius 1 is 0.850 bits per heavy atom. The zero-order valence-electron chi connectivity index (χ0n) is 12.7. The van der Waals surface area contributed by atoms with Gasteiger partial charge in [0, 0.05) is 34.1 Å². The molecule has 0 rings (SSSR count). The van der Waals surface area contributed by atoms with E-state index in [9.17, 15) is 4.80 Å². The second kappa shape index (κ2) is 13.2. The predicted octanol–water partition coefficient (Wildman–Crippen LogP) is -1.84. The van der Waals surface area contributed by atoms with Crippen molar-refractivity contribution in [3.05, 3.63) is 0 Å².